The van der Waals surface area contributed by atoms with Crippen molar-refractivity contribution in [2.75, 3.05) is 20.2 Å². The standard InChI is InChI=1S/C24H28N4O5S/c1-33-22-11-10-18(34(31,32)28-12-6-2-3-7-13-28)15-20(22)24(30)27-26-23(29)14-17-16-25-21-9-5-4-8-19(17)21/h4-5,8-11,15-16,25H,2-3,6-7,12-14H2,1H3,(H,26,29)(H,27,30). The van der Waals surface area contributed by atoms with Crippen LogP contribution in [0.25, 0.3) is 10.9 Å². The van der Waals surface area contributed by atoms with E-state index in [4.69, 9.17) is 4.74 Å². The molecule has 0 bridgehead atoms. The monoisotopic (exact) mass is 484 g/mol. The predicted octanol–water partition coefficient (Wildman–Crippen LogP) is 2.74. The lowest BCUT2D eigenvalue weighted by Gasteiger charge is -2.20. The minimum Gasteiger partial charge on any atom is -0.496 e. The number of ether oxygens (including phenoxy) is 1. The van der Waals surface area contributed by atoms with E-state index in [1.165, 1.54) is 29.6 Å². The van der Waals surface area contributed by atoms with Gasteiger partial charge in [-0.15, -0.1) is 0 Å². The first-order valence-electron chi connectivity index (χ1n) is 11.2. The summed E-state index contributed by atoms with van der Waals surface area (Å²) in [7, 11) is -2.35. The predicted molar refractivity (Wildman–Crippen MR) is 128 cm³/mol. The summed E-state index contributed by atoms with van der Waals surface area (Å²) in [6.45, 7) is 0.916. The maximum atomic E-state index is 13.1. The molecule has 1 fully saturated rings. The van der Waals surface area contributed by atoms with Crippen LogP contribution in [0.3, 0.4) is 0 Å². The van der Waals surface area contributed by atoms with Gasteiger partial charge < -0.3 is 9.72 Å². The highest BCUT2D eigenvalue weighted by Crippen LogP contribution is 2.26. The number of nitrogens with one attached hydrogen (secondary N) is 3. The van der Waals surface area contributed by atoms with E-state index in [9.17, 15) is 18.0 Å². The number of aromatic amines is 1. The van der Waals surface area contributed by atoms with Gasteiger partial charge in [0, 0.05) is 30.2 Å². The van der Waals surface area contributed by atoms with Crippen molar-refractivity contribution in [3.8, 4) is 5.75 Å². The second-order valence-electron chi connectivity index (χ2n) is 8.22. The van der Waals surface area contributed by atoms with Gasteiger partial charge >= 0.3 is 0 Å². The molecule has 3 aromatic rings. The number of hydrazine groups is 1. The number of benzene rings is 2. The molecule has 4 rings (SSSR count). The molecule has 34 heavy (non-hydrogen) atoms. The molecule has 2 amide bonds. The lowest BCUT2D eigenvalue weighted by Crippen LogP contribution is -2.42. The van der Waals surface area contributed by atoms with Crippen molar-refractivity contribution in [3.05, 3.63) is 59.8 Å². The number of carbonyl (C=O) groups excluding carboxylic acids is 2. The zero-order chi connectivity index (χ0) is 24.1. The smallest absolute Gasteiger partial charge is 0.273 e. The molecule has 3 N–H and O–H groups in total. The molecule has 0 saturated carbocycles. The van der Waals surface area contributed by atoms with Crippen molar-refractivity contribution < 1.29 is 22.7 Å². The van der Waals surface area contributed by atoms with Gasteiger partial charge in [0.25, 0.3) is 5.91 Å². The van der Waals surface area contributed by atoms with Crippen LogP contribution in [0.1, 0.15) is 41.6 Å². The Labute approximate surface area is 198 Å². The average molecular weight is 485 g/mol. The van der Waals surface area contributed by atoms with E-state index in [0.717, 1.165) is 42.1 Å². The molecular formula is C24H28N4O5S. The first-order valence-corrected chi connectivity index (χ1v) is 12.7. The number of hydrogen-bond acceptors (Lipinski definition) is 5. The van der Waals surface area contributed by atoms with Crippen LogP contribution in [0.15, 0.2) is 53.6 Å². The Morgan fingerprint density at radius 3 is 2.50 bits per heavy atom. The lowest BCUT2D eigenvalue weighted by molar-refractivity contribution is -0.121. The van der Waals surface area contributed by atoms with Gasteiger partial charge in [-0.2, -0.15) is 4.31 Å². The fraction of sp³-hybridized carbons (Fsp3) is 0.333. The maximum absolute atomic E-state index is 13.1. The van der Waals surface area contributed by atoms with Crippen LogP contribution in [-0.2, 0) is 21.2 Å². The van der Waals surface area contributed by atoms with E-state index in [2.05, 4.69) is 15.8 Å². The van der Waals surface area contributed by atoms with Crippen LogP contribution < -0.4 is 15.6 Å². The minimum absolute atomic E-state index is 0.0190. The number of aromatic nitrogens is 1. The van der Waals surface area contributed by atoms with Gasteiger partial charge in [-0.05, 0) is 42.7 Å². The summed E-state index contributed by atoms with van der Waals surface area (Å²) in [5, 5.41) is 0.928. The summed E-state index contributed by atoms with van der Waals surface area (Å²) in [5.74, 6) is -0.874. The van der Waals surface area contributed by atoms with E-state index >= 15 is 0 Å². The van der Waals surface area contributed by atoms with Crippen molar-refractivity contribution in [2.45, 2.75) is 37.0 Å². The van der Waals surface area contributed by atoms with E-state index in [1.807, 2.05) is 24.3 Å². The zero-order valence-corrected chi connectivity index (χ0v) is 19.8. The summed E-state index contributed by atoms with van der Waals surface area (Å²) in [5.41, 5.74) is 6.50. The Kier molecular flexibility index (Phi) is 7.18. The Morgan fingerprint density at radius 2 is 1.76 bits per heavy atom. The summed E-state index contributed by atoms with van der Waals surface area (Å²) < 4.78 is 33.0. The highest BCUT2D eigenvalue weighted by Gasteiger charge is 2.27. The van der Waals surface area contributed by atoms with Crippen molar-refractivity contribution in [1.82, 2.24) is 20.1 Å². The summed E-state index contributed by atoms with van der Waals surface area (Å²) in [4.78, 5) is 28.4. The van der Waals surface area contributed by atoms with E-state index in [0.29, 0.717) is 13.1 Å². The second-order valence-corrected chi connectivity index (χ2v) is 10.2. The summed E-state index contributed by atoms with van der Waals surface area (Å²) in [6.07, 6.45) is 5.44. The third-order valence-electron chi connectivity index (χ3n) is 5.96. The third-order valence-corrected chi connectivity index (χ3v) is 7.85. The quantitative estimate of drug-likeness (QED) is 0.465. The largest absolute Gasteiger partial charge is 0.496 e. The number of rotatable bonds is 6. The number of sulfonamides is 1. The number of hydrogen-bond donors (Lipinski definition) is 3. The number of carbonyl (C=O) groups is 2. The van der Waals surface area contributed by atoms with Gasteiger partial charge in [0.15, 0.2) is 0 Å². The molecule has 0 atom stereocenters. The molecule has 2 heterocycles. The van der Waals surface area contributed by atoms with Gasteiger partial charge in [-0.25, -0.2) is 8.42 Å². The molecule has 0 aliphatic carbocycles. The molecule has 1 aliphatic heterocycles. The maximum Gasteiger partial charge on any atom is 0.273 e. The Bertz CT molecular complexity index is 1290. The molecule has 1 aromatic heterocycles. The second kappa shape index (κ2) is 10.3. The minimum atomic E-state index is -3.75. The normalized spacial score (nSPS) is 15.0. The van der Waals surface area contributed by atoms with Crippen LogP contribution >= 0.6 is 0 Å². The lowest BCUT2D eigenvalue weighted by atomic mass is 10.1. The van der Waals surface area contributed by atoms with E-state index < -0.39 is 21.8 Å². The summed E-state index contributed by atoms with van der Waals surface area (Å²) in [6, 6.07) is 11.8. The number of amides is 2. The molecule has 1 aliphatic rings. The Morgan fingerprint density at radius 1 is 1.03 bits per heavy atom. The Hall–Kier alpha value is -3.37. The van der Waals surface area contributed by atoms with Gasteiger partial charge in [-0.1, -0.05) is 31.0 Å². The van der Waals surface area contributed by atoms with Crippen molar-refractivity contribution in [1.29, 1.82) is 0 Å². The SMILES string of the molecule is COc1ccc(S(=O)(=O)N2CCCCCC2)cc1C(=O)NNC(=O)Cc1c[nH]c2ccccc12. The molecule has 180 valence electrons. The van der Waals surface area contributed by atoms with Crippen LogP contribution in [-0.4, -0.2) is 49.7 Å². The Balaban J connectivity index is 1.47. The number of methoxy groups -OCH3 is 1. The number of nitrogens with zero attached hydrogens (tertiary/aromatic N) is 1. The van der Waals surface area contributed by atoms with Gasteiger partial charge in [0.2, 0.25) is 15.9 Å². The van der Waals surface area contributed by atoms with Gasteiger partial charge in [0.1, 0.15) is 5.75 Å². The van der Waals surface area contributed by atoms with Crippen molar-refractivity contribution in [3.63, 3.8) is 0 Å². The van der Waals surface area contributed by atoms with Crippen molar-refractivity contribution >= 4 is 32.7 Å². The molecular weight excluding hydrogens is 456 g/mol. The van der Waals surface area contributed by atoms with E-state index in [-0.39, 0.29) is 22.6 Å². The van der Waals surface area contributed by atoms with Crippen LogP contribution in [0.4, 0.5) is 0 Å². The first kappa shape index (κ1) is 23.8. The highest BCUT2D eigenvalue weighted by molar-refractivity contribution is 7.89. The molecule has 0 spiro atoms. The molecule has 0 unspecified atom stereocenters. The number of para-hydroxylation sites is 1. The topological polar surface area (TPSA) is 121 Å². The fourth-order valence-electron chi connectivity index (χ4n) is 4.14. The fourth-order valence-corrected chi connectivity index (χ4v) is 5.69. The first-order chi connectivity index (χ1) is 16.4. The average Bonchev–Trinajstić information content (AvgIpc) is 3.05. The zero-order valence-electron chi connectivity index (χ0n) is 19.0. The van der Waals surface area contributed by atoms with E-state index in [1.54, 1.807) is 6.20 Å². The van der Waals surface area contributed by atoms with Crippen LogP contribution in [0, 0.1) is 0 Å². The molecule has 9 nitrogen and oxygen atoms in total. The molecule has 10 heteroatoms. The van der Waals surface area contributed by atoms with Crippen LogP contribution in [0.5, 0.6) is 5.75 Å². The molecule has 0 radical (unpaired) electrons. The van der Waals surface area contributed by atoms with Crippen molar-refractivity contribution in [2.24, 2.45) is 0 Å². The van der Waals surface area contributed by atoms with Gasteiger partial charge in [0.05, 0.1) is 24.0 Å². The summed E-state index contributed by atoms with van der Waals surface area (Å²) >= 11 is 0. The third kappa shape index (κ3) is 5.07. The number of H-pyrrole nitrogens is 1. The highest BCUT2D eigenvalue weighted by atomic mass is 32.2. The van der Waals surface area contributed by atoms with Gasteiger partial charge in [-0.3, -0.25) is 20.4 Å². The number of fused-ring (bicyclic) bond motifs is 1. The van der Waals surface area contributed by atoms with Crippen LogP contribution in [0.2, 0.25) is 0 Å². The molecule has 1 saturated heterocycles. The molecule has 2 aromatic carbocycles.